The molecular formula is C13H18ClNO. The second-order valence-corrected chi connectivity index (χ2v) is 4.22. The molecule has 0 unspecified atom stereocenters. The van der Waals surface area contributed by atoms with Gasteiger partial charge in [-0.1, -0.05) is 30.3 Å². The maximum absolute atomic E-state index is 11.5. The van der Waals surface area contributed by atoms with E-state index in [-0.39, 0.29) is 11.9 Å². The Morgan fingerprint density at radius 3 is 2.62 bits per heavy atom. The van der Waals surface area contributed by atoms with Gasteiger partial charge in [0.25, 0.3) is 0 Å². The summed E-state index contributed by atoms with van der Waals surface area (Å²) in [4.78, 5) is 11.5. The van der Waals surface area contributed by atoms with Gasteiger partial charge in [-0.25, -0.2) is 0 Å². The Labute approximate surface area is 102 Å². The number of rotatable bonds is 6. The number of amides is 1. The molecule has 0 aliphatic heterocycles. The summed E-state index contributed by atoms with van der Waals surface area (Å²) in [5.41, 5.74) is 1.13. The lowest BCUT2D eigenvalue weighted by Crippen LogP contribution is -2.26. The zero-order chi connectivity index (χ0) is 11.8. The van der Waals surface area contributed by atoms with Crippen molar-refractivity contribution in [3.8, 4) is 0 Å². The molecule has 0 aliphatic rings. The van der Waals surface area contributed by atoms with Gasteiger partial charge < -0.3 is 5.32 Å². The Balaban J connectivity index is 2.34. The summed E-state index contributed by atoms with van der Waals surface area (Å²) in [5.74, 6) is 0.725. The number of benzene rings is 1. The van der Waals surface area contributed by atoms with Crippen molar-refractivity contribution in [2.75, 3.05) is 5.88 Å². The molecule has 0 heterocycles. The standard InChI is InChI=1S/C13H18ClNO/c1-11(12-7-3-2-4-8-12)15-13(16)9-5-6-10-14/h2-4,7-8,11H,5-6,9-10H2,1H3,(H,15,16)/t11-/m1/s1. The van der Waals surface area contributed by atoms with E-state index in [1.165, 1.54) is 0 Å². The van der Waals surface area contributed by atoms with Crippen molar-refractivity contribution in [2.24, 2.45) is 0 Å². The number of nitrogens with one attached hydrogen (secondary N) is 1. The minimum absolute atomic E-state index is 0.0738. The molecule has 0 saturated carbocycles. The van der Waals surface area contributed by atoms with E-state index in [1.807, 2.05) is 37.3 Å². The summed E-state index contributed by atoms with van der Waals surface area (Å²) in [6, 6.07) is 10.0. The Morgan fingerprint density at radius 2 is 2.00 bits per heavy atom. The Hall–Kier alpha value is -1.02. The van der Waals surface area contributed by atoms with Gasteiger partial charge in [-0.05, 0) is 25.3 Å². The van der Waals surface area contributed by atoms with Crippen molar-refractivity contribution in [1.29, 1.82) is 0 Å². The average Bonchev–Trinajstić information content (AvgIpc) is 2.30. The third kappa shape index (κ3) is 4.67. The molecule has 1 amide bonds. The van der Waals surface area contributed by atoms with Crippen molar-refractivity contribution in [3.05, 3.63) is 35.9 Å². The Morgan fingerprint density at radius 1 is 1.31 bits per heavy atom. The Bertz CT molecular complexity index is 313. The van der Waals surface area contributed by atoms with E-state index in [0.717, 1.165) is 18.4 Å². The summed E-state index contributed by atoms with van der Waals surface area (Å²) >= 11 is 5.55. The fourth-order valence-electron chi connectivity index (χ4n) is 1.52. The van der Waals surface area contributed by atoms with Crippen LogP contribution in [-0.2, 0) is 4.79 Å². The van der Waals surface area contributed by atoms with Crippen LogP contribution in [0, 0.1) is 0 Å². The number of alkyl halides is 1. The molecule has 0 bridgehead atoms. The lowest BCUT2D eigenvalue weighted by atomic mass is 10.1. The van der Waals surface area contributed by atoms with E-state index in [0.29, 0.717) is 12.3 Å². The maximum atomic E-state index is 11.5. The first-order valence-electron chi connectivity index (χ1n) is 5.64. The van der Waals surface area contributed by atoms with Crippen LogP contribution in [-0.4, -0.2) is 11.8 Å². The predicted octanol–water partition coefficient (Wildman–Crippen LogP) is 3.27. The van der Waals surface area contributed by atoms with E-state index >= 15 is 0 Å². The van der Waals surface area contributed by atoms with E-state index in [9.17, 15) is 4.79 Å². The molecule has 0 fully saturated rings. The van der Waals surface area contributed by atoms with Gasteiger partial charge in [0.2, 0.25) is 5.91 Å². The first-order valence-corrected chi connectivity index (χ1v) is 6.17. The van der Waals surface area contributed by atoms with Gasteiger partial charge in [0.15, 0.2) is 0 Å². The highest BCUT2D eigenvalue weighted by Crippen LogP contribution is 2.11. The number of hydrogen-bond donors (Lipinski definition) is 1. The van der Waals surface area contributed by atoms with Crippen LogP contribution in [0.1, 0.15) is 37.8 Å². The topological polar surface area (TPSA) is 29.1 Å². The molecule has 1 atom stereocenters. The lowest BCUT2D eigenvalue weighted by Gasteiger charge is -2.13. The quantitative estimate of drug-likeness (QED) is 0.599. The molecule has 0 aliphatic carbocycles. The van der Waals surface area contributed by atoms with Crippen LogP contribution in [0.5, 0.6) is 0 Å². The molecule has 0 radical (unpaired) electrons. The first kappa shape index (κ1) is 13.0. The van der Waals surface area contributed by atoms with Crippen LogP contribution in [0.25, 0.3) is 0 Å². The second-order valence-electron chi connectivity index (χ2n) is 3.85. The summed E-state index contributed by atoms with van der Waals surface area (Å²) < 4.78 is 0. The minimum atomic E-state index is 0.0738. The number of carbonyl (C=O) groups excluding carboxylic acids is 1. The normalized spacial score (nSPS) is 12.1. The highest BCUT2D eigenvalue weighted by molar-refractivity contribution is 6.17. The van der Waals surface area contributed by atoms with Crippen molar-refractivity contribution in [2.45, 2.75) is 32.2 Å². The lowest BCUT2D eigenvalue weighted by molar-refractivity contribution is -0.121. The van der Waals surface area contributed by atoms with Crippen LogP contribution >= 0.6 is 11.6 Å². The molecule has 1 aromatic carbocycles. The summed E-state index contributed by atoms with van der Waals surface area (Å²) in [5, 5.41) is 2.97. The van der Waals surface area contributed by atoms with Crippen LogP contribution in [0.2, 0.25) is 0 Å². The van der Waals surface area contributed by atoms with E-state index in [2.05, 4.69) is 5.32 Å². The van der Waals surface area contributed by atoms with Gasteiger partial charge in [0.1, 0.15) is 0 Å². The van der Waals surface area contributed by atoms with Crippen molar-refractivity contribution < 1.29 is 4.79 Å². The van der Waals surface area contributed by atoms with E-state index < -0.39 is 0 Å². The SMILES string of the molecule is C[C@@H](NC(=O)CCCCCl)c1ccccc1. The zero-order valence-electron chi connectivity index (χ0n) is 9.58. The monoisotopic (exact) mass is 239 g/mol. The fraction of sp³-hybridized carbons (Fsp3) is 0.462. The van der Waals surface area contributed by atoms with Crippen LogP contribution in [0.4, 0.5) is 0 Å². The van der Waals surface area contributed by atoms with E-state index in [1.54, 1.807) is 0 Å². The molecule has 1 N–H and O–H groups in total. The average molecular weight is 240 g/mol. The second kappa shape index (κ2) is 7.29. The number of halogens is 1. The number of hydrogen-bond acceptors (Lipinski definition) is 1. The van der Waals surface area contributed by atoms with Gasteiger partial charge >= 0.3 is 0 Å². The van der Waals surface area contributed by atoms with Crippen LogP contribution in [0.3, 0.4) is 0 Å². The molecule has 88 valence electrons. The molecular weight excluding hydrogens is 222 g/mol. The summed E-state index contributed by atoms with van der Waals surface area (Å²) in [7, 11) is 0. The highest BCUT2D eigenvalue weighted by atomic mass is 35.5. The third-order valence-corrected chi connectivity index (χ3v) is 2.73. The van der Waals surface area contributed by atoms with Gasteiger partial charge in [0.05, 0.1) is 6.04 Å². The molecule has 2 nitrogen and oxygen atoms in total. The first-order chi connectivity index (χ1) is 7.74. The largest absolute Gasteiger partial charge is 0.350 e. The minimum Gasteiger partial charge on any atom is -0.350 e. The van der Waals surface area contributed by atoms with Crippen LogP contribution in [0.15, 0.2) is 30.3 Å². The molecule has 0 saturated heterocycles. The van der Waals surface area contributed by atoms with Gasteiger partial charge in [-0.15, -0.1) is 11.6 Å². The van der Waals surface area contributed by atoms with Gasteiger partial charge in [-0.2, -0.15) is 0 Å². The molecule has 0 aromatic heterocycles. The smallest absolute Gasteiger partial charge is 0.220 e. The third-order valence-electron chi connectivity index (χ3n) is 2.46. The summed E-state index contributed by atoms with van der Waals surface area (Å²) in [6.45, 7) is 1.99. The maximum Gasteiger partial charge on any atom is 0.220 e. The summed E-state index contributed by atoms with van der Waals surface area (Å²) in [6.07, 6.45) is 2.31. The molecule has 3 heteroatoms. The molecule has 1 rings (SSSR count). The fourth-order valence-corrected chi connectivity index (χ4v) is 1.71. The van der Waals surface area contributed by atoms with Crippen molar-refractivity contribution in [1.82, 2.24) is 5.32 Å². The zero-order valence-corrected chi connectivity index (χ0v) is 10.3. The number of carbonyl (C=O) groups is 1. The predicted molar refractivity (Wildman–Crippen MR) is 67.6 cm³/mol. The molecule has 1 aromatic rings. The number of unbranched alkanes of at least 4 members (excludes halogenated alkanes) is 1. The molecule has 16 heavy (non-hydrogen) atoms. The van der Waals surface area contributed by atoms with E-state index in [4.69, 9.17) is 11.6 Å². The van der Waals surface area contributed by atoms with Crippen molar-refractivity contribution >= 4 is 17.5 Å². The highest BCUT2D eigenvalue weighted by Gasteiger charge is 2.08. The van der Waals surface area contributed by atoms with Crippen molar-refractivity contribution in [3.63, 3.8) is 0 Å². The van der Waals surface area contributed by atoms with Crippen LogP contribution < -0.4 is 5.32 Å². The Kier molecular flexibility index (Phi) is 5.94. The van der Waals surface area contributed by atoms with Gasteiger partial charge in [-0.3, -0.25) is 4.79 Å². The molecule has 0 spiro atoms. The van der Waals surface area contributed by atoms with Gasteiger partial charge in [0, 0.05) is 12.3 Å².